The van der Waals surface area contributed by atoms with Gasteiger partial charge in [0, 0.05) is 28.9 Å². The average molecular weight is 403 g/mol. The summed E-state index contributed by atoms with van der Waals surface area (Å²) in [7, 11) is 0. The predicted molar refractivity (Wildman–Crippen MR) is 96.1 cm³/mol. The first-order valence-corrected chi connectivity index (χ1v) is 8.55. The average Bonchev–Trinajstić information content (AvgIpc) is 2.88. The number of thiazole rings is 1. The fourth-order valence-electron chi connectivity index (χ4n) is 2.38. The molecule has 1 aromatic heterocycles. The molecule has 0 bridgehead atoms. The monoisotopic (exact) mass is 401 g/mol. The number of hydrogen-bond donors (Lipinski definition) is 1. The Hall–Kier alpha value is -0.950. The molecule has 22 heavy (non-hydrogen) atoms. The maximum Gasteiger partial charge on any atom is 0.258 e. The minimum absolute atomic E-state index is 0. The van der Waals surface area contributed by atoms with Crippen LogP contribution in [0.5, 0.6) is 0 Å². The zero-order valence-electron chi connectivity index (χ0n) is 12.1. The van der Waals surface area contributed by atoms with E-state index in [2.05, 4.69) is 38.1 Å². The Bertz CT molecular complexity index is 677. The van der Waals surface area contributed by atoms with Crippen LogP contribution in [0.1, 0.15) is 27.9 Å². The zero-order valence-corrected chi connectivity index (χ0v) is 15.4. The van der Waals surface area contributed by atoms with Crippen molar-refractivity contribution < 1.29 is 4.79 Å². The normalized spacial score (nSPS) is 14.1. The summed E-state index contributed by atoms with van der Waals surface area (Å²) in [6.07, 6.45) is 0.963. The molecule has 2 heterocycles. The summed E-state index contributed by atoms with van der Waals surface area (Å²) >= 11 is 4.98. The molecule has 0 radical (unpaired) electrons. The minimum Gasteiger partial charge on any atom is -0.298 e. The van der Waals surface area contributed by atoms with Gasteiger partial charge < -0.3 is 0 Å². The zero-order chi connectivity index (χ0) is 14.8. The molecule has 0 unspecified atom stereocenters. The van der Waals surface area contributed by atoms with E-state index in [4.69, 9.17) is 0 Å². The number of nitrogens with zero attached hydrogens (tertiary/aromatic N) is 2. The maximum absolute atomic E-state index is 12.3. The van der Waals surface area contributed by atoms with Crippen LogP contribution in [-0.4, -0.2) is 28.9 Å². The number of hydrogen-bond acceptors (Lipinski definition) is 4. The quantitative estimate of drug-likeness (QED) is 0.845. The molecule has 1 aliphatic heterocycles. The van der Waals surface area contributed by atoms with Gasteiger partial charge in [-0.3, -0.25) is 15.0 Å². The van der Waals surface area contributed by atoms with Crippen molar-refractivity contribution in [1.82, 2.24) is 9.88 Å². The van der Waals surface area contributed by atoms with Crippen molar-refractivity contribution in [3.05, 3.63) is 44.9 Å². The smallest absolute Gasteiger partial charge is 0.258 e. The number of carbonyl (C=O) groups is 1. The molecular formula is C15H17BrClN3OS. The van der Waals surface area contributed by atoms with Gasteiger partial charge in [-0.05, 0) is 34.6 Å². The van der Waals surface area contributed by atoms with Crippen molar-refractivity contribution in [1.29, 1.82) is 0 Å². The van der Waals surface area contributed by atoms with E-state index in [0.717, 1.165) is 36.2 Å². The van der Waals surface area contributed by atoms with Gasteiger partial charge in [-0.2, -0.15) is 0 Å². The standard InChI is InChI=1S/C15H16BrN3OS.ClH/c1-2-19-8-7-12-13(9-19)21-15(17-12)18-14(20)10-5-3-4-6-11(10)16;/h3-6H,2,7-9H2,1H3,(H,17,18,20);1H. The Labute approximate surface area is 148 Å². The summed E-state index contributed by atoms with van der Waals surface area (Å²) in [6, 6.07) is 7.40. The number of rotatable bonds is 3. The largest absolute Gasteiger partial charge is 0.298 e. The summed E-state index contributed by atoms with van der Waals surface area (Å²) in [5.74, 6) is -0.124. The number of carbonyl (C=O) groups excluding carboxylic acids is 1. The topological polar surface area (TPSA) is 45.2 Å². The molecule has 0 aliphatic carbocycles. The van der Waals surface area contributed by atoms with Gasteiger partial charge in [-0.1, -0.05) is 19.1 Å². The number of halogens is 2. The molecule has 0 spiro atoms. The second-order valence-electron chi connectivity index (χ2n) is 4.94. The van der Waals surface area contributed by atoms with Crippen LogP contribution in [0.2, 0.25) is 0 Å². The number of anilines is 1. The Morgan fingerprint density at radius 3 is 2.95 bits per heavy atom. The van der Waals surface area contributed by atoms with Crippen LogP contribution >= 0.6 is 39.7 Å². The summed E-state index contributed by atoms with van der Waals surface area (Å²) in [6.45, 7) is 5.21. The molecule has 0 atom stereocenters. The molecule has 1 N–H and O–H groups in total. The molecule has 1 aromatic carbocycles. The molecule has 0 saturated carbocycles. The van der Waals surface area contributed by atoms with E-state index < -0.39 is 0 Å². The Morgan fingerprint density at radius 2 is 2.23 bits per heavy atom. The van der Waals surface area contributed by atoms with Gasteiger partial charge in [0.1, 0.15) is 0 Å². The number of aromatic nitrogens is 1. The minimum atomic E-state index is -0.124. The van der Waals surface area contributed by atoms with Crippen molar-refractivity contribution in [2.75, 3.05) is 18.4 Å². The fourth-order valence-corrected chi connectivity index (χ4v) is 3.89. The molecule has 1 aliphatic rings. The fraction of sp³-hybridized carbons (Fsp3) is 0.333. The van der Waals surface area contributed by atoms with E-state index in [9.17, 15) is 4.79 Å². The Balaban J connectivity index is 0.00000176. The summed E-state index contributed by atoms with van der Waals surface area (Å²) in [4.78, 5) is 20.5. The highest BCUT2D eigenvalue weighted by Crippen LogP contribution is 2.29. The second-order valence-corrected chi connectivity index (χ2v) is 6.88. The second kappa shape index (κ2) is 7.55. The lowest BCUT2D eigenvalue weighted by molar-refractivity contribution is 0.102. The van der Waals surface area contributed by atoms with Crippen molar-refractivity contribution in [2.24, 2.45) is 0 Å². The van der Waals surface area contributed by atoms with Gasteiger partial charge in [-0.25, -0.2) is 4.98 Å². The first-order valence-electron chi connectivity index (χ1n) is 6.94. The predicted octanol–water partition coefficient (Wildman–Crippen LogP) is 3.96. The number of benzene rings is 1. The van der Waals surface area contributed by atoms with Crippen LogP contribution in [0.25, 0.3) is 0 Å². The van der Waals surface area contributed by atoms with Crippen molar-refractivity contribution in [3.63, 3.8) is 0 Å². The molecule has 0 saturated heterocycles. The Morgan fingerprint density at radius 1 is 1.45 bits per heavy atom. The number of nitrogens with one attached hydrogen (secondary N) is 1. The van der Waals surface area contributed by atoms with Crippen molar-refractivity contribution >= 4 is 50.7 Å². The highest BCUT2D eigenvalue weighted by atomic mass is 79.9. The third-order valence-corrected chi connectivity index (χ3v) is 5.29. The van der Waals surface area contributed by atoms with Gasteiger partial charge in [0.25, 0.3) is 5.91 Å². The van der Waals surface area contributed by atoms with Crippen molar-refractivity contribution in [2.45, 2.75) is 19.9 Å². The van der Waals surface area contributed by atoms with E-state index in [1.54, 1.807) is 17.4 Å². The van der Waals surface area contributed by atoms with Crippen LogP contribution in [0.3, 0.4) is 0 Å². The molecule has 118 valence electrons. The lowest BCUT2D eigenvalue weighted by Gasteiger charge is -2.23. The number of amides is 1. The van der Waals surface area contributed by atoms with Gasteiger partial charge >= 0.3 is 0 Å². The summed E-state index contributed by atoms with van der Waals surface area (Å²) in [5, 5.41) is 3.60. The Kier molecular flexibility index (Phi) is 5.97. The summed E-state index contributed by atoms with van der Waals surface area (Å²) in [5.41, 5.74) is 1.76. The van der Waals surface area contributed by atoms with Crippen LogP contribution in [0.4, 0.5) is 5.13 Å². The van der Waals surface area contributed by atoms with Crippen molar-refractivity contribution in [3.8, 4) is 0 Å². The molecule has 1 amide bonds. The third kappa shape index (κ3) is 3.68. The lowest BCUT2D eigenvalue weighted by Crippen LogP contribution is -2.29. The van der Waals surface area contributed by atoms with E-state index in [1.165, 1.54) is 4.88 Å². The van der Waals surface area contributed by atoms with Crippen LogP contribution in [-0.2, 0) is 13.0 Å². The first kappa shape index (κ1) is 17.4. The number of fused-ring (bicyclic) bond motifs is 1. The lowest BCUT2D eigenvalue weighted by atomic mass is 10.2. The highest BCUT2D eigenvalue weighted by Gasteiger charge is 2.20. The van der Waals surface area contributed by atoms with Crippen LogP contribution < -0.4 is 5.32 Å². The van der Waals surface area contributed by atoms with Gasteiger partial charge in [-0.15, -0.1) is 23.7 Å². The van der Waals surface area contributed by atoms with Gasteiger partial charge in [0.05, 0.1) is 11.3 Å². The van der Waals surface area contributed by atoms with E-state index in [1.807, 2.05) is 18.2 Å². The summed E-state index contributed by atoms with van der Waals surface area (Å²) < 4.78 is 0.793. The maximum atomic E-state index is 12.3. The number of likely N-dealkylation sites (N-methyl/N-ethyl adjacent to an activating group) is 1. The van der Waals surface area contributed by atoms with Gasteiger partial charge in [0.15, 0.2) is 5.13 Å². The molecule has 3 rings (SSSR count). The molecule has 7 heteroatoms. The highest BCUT2D eigenvalue weighted by molar-refractivity contribution is 9.10. The van der Waals surface area contributed by atoms with Gasteiger partial charge in [0.2, 0.25) is 0 Å². The van der Waals surface area contributed by atoms with E-state index in [-0.39, 0.29) is 18.3 Å². The third-order valence-electron chi connectivity index (χ3n) is 3.60. The molecule has 2 aromatic rings. The first-order chi connectivity index (χ1) is 10.2. The SMILES string of the molecule is CCN1CCc2nc(NC(=O)c3ccccc3Br)sc2C1.Cl. The van der Waals surface area contributed by atoms with E-state index in [0.29, 0.717) is 10.7 Å². The van der Waals surface area contributed by atoms with E-state index >= 15 is 0 Å². The molecular weight excluding hydrogens is 386 g/mol. The molecule has 0 fully saturated rings. The molecule has 4 nitrogen and oxygen atoms in total. The van der Waals surface area contributed by atoms with Crippen LogP contribution in [0, 0.1) is 0 Å². The van der Waals surface area contributed by atoms with Crippen LogP contribution in [0.15, 0.2) is 28.7 Å².